The van der Waals surface area contributed by atoms with Gasteiger partial charge in [-0.25, -0.2) is 0 Å². The average molecular weight is 169 g/mol. The lowest BCUT2D eigenvalue weighted by Crippen LogP contribution is -1.96. The van der Waals surface area contributed by atoms with Crippen molar-refractivity contribution in [2.75, 3.05) is 13.7 Å². The highest BCUT2D eigenvalue weighted by Crippen LogP contribution is 1.97. The average Bonchev–Trinajstić information content (AvgIpc) is 2.02. The molecule has 0 saturated heterocycles. The van der Waals surface area contributed by atoms with Crippen LogP contribution in [0.15, 0.2) is 36.6 Å². The lowest BCUT2D eigenvalue weighted by molar-refractivity contribution is -0.468. The minimum Gasteiger partial charge on any atom is -0.497 e. The van der Waals surface area contributed by atoms with Crippen molar-refractivity contribution < 1.29 is 9.66 Å². The van der Waals surface area contributed by atoms with Crippen LogP contribution in [0.25, 0.3) is 0 Å². The molecule has 12 heavy (non-hydrogen) atoms. The SMILES string of the molecule is C=C/C=C(\C=C/C[N+](=O)[O-])OC. The van der Waals surface area contributed by atoms with Crippen LogP contribution >= 0.6 is 0 Å². The van der Waals surface area contributed by atoms with Gasteiger partial charge in [0.05, 0.1) is 7.11 Å². The third kappa shape index (κ3) is 5.22. The molecule has 0 unspecified atom stereocenters. The van der Waals surface area contributed by atoms with Gasteiger partial charge in [0.15, 0.2) is 0 Å². The number of ether oxygens (including phenoxy) is 1. The topological polar surface area (TPSA) is 52.4 Å². The number of nitrogens with zero attached hydrogens (tertiary/aromatic N) is 1. The minimum absolute atomic E-state index is 0.197. The molecule has 0 aliphatic heterocycles. The standard InChI is InChI=1S/C8H11NO3/c1-3-5-8(12-2)6-4-7-9(10)11/h3-6H,1,7H2,2H3/b6-4-,8-5+. The number of hydrogen-bond acceptors (Lipinski definition) is 3. The fourth-order valence-corrected chi connectivity index (χ4v) is 0.563. The first-order chi connectivity index (χ1) is 5.70. The first-order valence-electron chi connectivity index (χ1n) is 3.35. The number of methoxy groups -OCH3 is 1. The predicted molar refractivity (Wildman–Crippen MR) is 46.3 cm³/mol. The van der Waals surface area contributed by atoms with E-state index in [0.717, 1.165) is 0 Å². The zero-order valence-electron chi connectivity index (χ0n) is 6.90. The summed E-state index contributed by atoms with van der Waals surface area (Å²) >= 11 is 0. The Morgan fingerprint density at radius 3 is 2.83 bits per heavy atom. The van der Waals surface area contributed by atoms with Crippen molar-refractivity contribution in [1.29, 1.82) is 0 Å². The van der Waals surface area contributed by atoms with E-state index in [-0.39, 0.29) is 6.54 Å². The number of allylic oxidation sites excluding steroid dienone is 3. The van der Waals surface area contributed by atoms with Crippen molar-refractivity contribution in [3.05, 3.63) is 46.8 Å². The van der Waals surface area contributed by atoms with Gasteiger partial charge in [-0.3, -0.25) is 10.1 Å². The highest BCUT2D eigenvalue weighted by atomic mass is 16.6. The Labute approximate surface area is 71.0 Å². The number of rotatable bonds is 5. The van der Waals surface area contributed by atoms with Crippen LogP contribution in [0.3, 0.4) is 0 Å². The van der Waals surface area contributed by atoms with Crippen molar-refractivity contribution in [2.24, 2.45) is 0 Å². The molecule has 66 valence electrons. The van der Waals surface area contributed by atoms with Gasteiger partial charge in [0.25, 0.3) is 0 Å². The zero-order chi connectivity index (χ0) is 9.40. The van der Waals surface area contributed by atoms with Gasteiger partial charge in [0, 0.05) is 4.92 Å². The molecule has 0 aromatic heterocycles. The molecule has 0 saturated carbocycles. The molecule has 0 atom stereocenters. The Hall–Kier alpha value is -1.58. The Kier molecular flexibility index (Phi) is 5.34. The van der Waals surface area contributed by atoms with Crippen LogP contribution in [0.4, 0.5) is 0 Å². The molecule has 0 amide bonds. The van der Waals surface area contributed by atoms with Crippen LogP contribution in [-0.2, 0) is 4.74 Å². The molecule has 0 spiro atoms. The van der Waals surface area contributed by atoms with E-state index >= 15 is 0 Å². The summed E-state index contributed by atoms with van der Waals surface area (Å²) in [6, 6.07) is 0. The smallest absolute Gasteiger partial charge is 0.222 e. The molecular weight excluding hydrogens is 158 g/mol. The fourth-order valence-electron chi connectivity index (χ4n) is 0.563. The van der Waals surface area contributed by atoms with E-state index in [9.17, 15) is 10.1 Å². The molecule has 4 heteroatoms. The second-order valence-electron chi connectivity index (χ2n) is 1.93. The van der Waals surface area contributed by atoms with E-state index in [2.05, 4.69) is 6.58 Å². The van der Waals surface area contributed by atoms with Crippen LogP contribution in [0.5, 0.6) is 0 Å². The lowest BCUT2D eigenvalue weighted by atomic mass is 10.4. The molecule has 0 fully saturated rings. The molecule has 4 nitrogen and oxygen atoms in total. The van der Waals surface area contributed by atoms with E-state index in [4.69, 9.17) is 4.74 Å². The van der Waals surface area contributed by atoms with Crippen molar-refractivity contribution in [3.63, 3.8) is 0 Å². The number of nitro groups is 1. The molecule has 0 rings (SSSR count). The summed E-state index contributed by atoms with van der Waals surface area (Å²) in [6.45, 7) is 3.27. The normalized spacial score (nSPS) is 11.6. The van der Waals surface area contributed by atoms with Gasteiger partial charge >= 0.3 is 0 Å². The van der Waals surface area contributed by atoms with Crippen LogP contribution in [-0.4, -0.2) is 18.6 Å². The van der Waals surface area contributed by atoms with E-state index in [1.165, 1.54) is 19.3 Å². The lowest BCUT2D eigenvalue weighted by Gasteiger charge is -1.96. The van der Waals surface area contributed by atoms with Crippen LogP contribution in [0.1, 0.15) is 0 Å². The summed E-state index contributed by atoms with van der Waals surface area (Å²) in [7, 11) is 1.49. The van der Waals surface area contributed by atoms with E-state index < -0.39 is 4.92 Å². The highest BCUT2D eigenvalue weighted by molar-refractivity contribution is 5.16. The van der Waals surface area contributed by atoms with Crippen LogP contribution < -0.4 is 0 Å². The van der Waals surface area contributed by atoms with Crippen molar-refractivity contribution >= 4 is 0 Å². The molecule has 0 heterocycles. The summed E-state index contributed by atoms with van der Waals surface area (Å²) in [5.41, 5.74) is 0. The first-order valence-corrected chi connectivity index (χ1v) is 3.35. The summed E-state index contributed by atoms with van der Waals surface area (Å²) in [4.78, 5) is 9.48. The molecule has 0 aromatic rings. The summed E-state index contributed by atoms with van der Waals surface area (Å²) in [5, 5.41) is 9.90. The monoisotopic (exact) mass is 169 g/mol. The molecule has 0 N–H and O–H groups in total. The Morgan fingerprint density at radius 1 is 1.75 bits per heavy atom. The van der Waals surface area contributed by atoms with Crippen LogP contribution in [0.2, 0.25) is 0 Å². The van der Waals surface area contributed by atoms with Gasteiger partial charge in [-0.1, -0.05) is 12.7 Å². The highest BCUT2D eigenvalue weighted by Gasteiger charge is 1.90. The Balaban J connectivity index is 4.01. The largest absolute Gasteiger partial charge is 0.497 e. The third-order valence-corrected chi connectivity index (χ3v) is 1.05. The Morgan fingerprint density at radius 2 is 2.42 bits per heavy atom. The van der Waals surface area contributed by atoms with E-state index in [1.54, 1.807) is 12.2 Å². The molecule has 0 bridgehead atoms. The van der Waals surface area contributed by atoms with E-state index in [1.807, 2.05) is 0 Å². The van der Waals surface area contributed by atoms with Crippen molar-refractivity contribution in [1.82, 2.24) is 0 Å². The van der Waals surface area contributed by atoms with Gasteiger partial charge < -0.3 is 4.74 Å². The summed E-state index contributed by atoms with van der Waals surface area (Å²) in [5.74, 6) is 0.548. The zero-order valence-corrected chi connectivity index (χ0v) is 6.90. The maximum Gasteiger partial charge on any atom is 0.222 e. The van der Waals surface area contributed by atoms with Crippen molar-refractivity contribution in [3.8, 4) is 0 Å². The van der Waals surface area contributed by atoms with Crippen molar-refractivity contribution in [2.45, 2.75) is 0 Å². The van der Waals surface area contributed by atoms with Gasteiger partial charge in [-0.2, -0.15) is 0 Å². The van der Waals surface area contributed by atoms with Gasteiger partial charge in [-0.05, 0) is 18.2 Å². The summed E-state index contributed by atoms with van der Waals surface area (Å²) in [6.07, 6.45) is 6.12. The minimum atomic E-state index is -0.419. The molecule has 0 radical (unpaired) electrons. The maximum atomic E-state index is 9.90. The second-order valence-corrected chi connectivity index (χ2v) is 1.93. The van der Waals surface area contributed by atoms with Gasteiger partial charge in [0.1, 0.15) is 5.76 Å². The fraction of sp³-hybridized carbons (Fsp3) is 0.250. The van der Waals surface area contributed by atoms with E-state index in [0.29, 0.717) is 5.76 Å². The predicted octanol–water partition coefficient (Wildman–Crippen LogP) is 1.54. The third-order valence-electron chi connectivity index (χ3n) is 1.05. The molecule has 0 aliphatic rings. The van der Waals surface area contributed by atoms with Crippen LogP contribution in [0, 0.1) is 10.1 Å². The molecule has 0 aromatic carbocycles. The van der Waals surface area contributed by atoms with Gasteiger partial charge in [0.2, 0.25) is 6.54 Å². The first kappa shape index (κ1) is 10.4. The van der Waals surface area contributed by atoms with Gasteiger partial charge in [-0.15, -0.1) is 0 Å². The Bertz CT molecular complexity index is 218. The quantitative estimate of drug-likeness (QED) is 0.271. The molecule has 0 aliphatic carbocycles. The second kappa shape index (κ2) is 6.15. The number of hydrogen-bond donors (Lipinski definition) is 0. The molecular formula is C8H11NO3. The summed E-state index contributed by atoms with van der Waals surface area (Å²) < 4.78 is 4.85. The maximum absolute atomic E-state index is 9.90.